The summed E-state index contributed by atoms with van der Waals surface area (Å²) in [7, 11) is 0. The fraction of sp³-hybridized carbons (Fsp3) is 0.538. The maximum Gasteiger partial charge on any atom is 0.0653 e. The van der Waals surface area contributed by atoms with E-state index in [-0.39, 0.29) is 10.8 Å². The van der Waals surface area contributed by atoms with Crippen LogP contribution in [-0.4, -0.2) is 0 Å². The molecule has 1 aliphatic carbocycles. The van der Waals surface area contributed by atoms with E-state index in [1.165, 1.54) is 25.7 Å². The monoisotopic (exact) mass is 276 g/mol. The van der Waals surface area contributed by atoms with Gasteiger partial charge in [0.1, 0.15) is 0 Å². The molecule has 1 aromatic carbocycles. The third kappa shape index (κ3) is 2.34. The van der Waals surface area contributed by atoms with E-state index in [0.717, 1.165) is 10.6 Å². The third-order valence-electron chi connectivity index (χ3n) is 3.59. The van der Waals surface area contributed by atoms with Gasteiger partial charge in [-0.25, -0.2) is 0 Å². The molecule has 3 heteroatoms. The lowest BCUT2D eigenvalue weighted by molar-refractivity contribution is 0.322. The van der Waals surface area contributed by atoms with E-state index < -0.39 is 0 Å². The van der Waals surface area contributed by atoms with Gasteiger partial charge in [0.2, 0.25) is 0 Å². The third-order valence-corrected chi connectivity index (χ3v) is 4.93. The summed E-state index contributed by atoms with van der Waals surface area (Å²) in [5.74, 6) is 0. The second-order valence-electron chi connectivity index (χ2n) is 4.89. The van der Waals surface area contributed by atoms with E-state index in [2.05, 4.69) is 6.92 Å². The summed E-state index contributed by atoms with van der Waals surface area (Å²) in [6.45, 7) is 2.24. The molecule has 1 atom stereocenters. The summed E-state index contributed by atoms with van der Waals surface area (Å²) < 4.78 is 0. The molecule has 0 aromatic heterocycles. The molecule has 1 unspecified atom stereocenters. The average molecular weight is 278 g/mol. The predicted octanol–water partition coefficient (Wildman–Crippen LogP) is 5.85. The zero-order valence-corrected chi connectivity index (χ0v) is 11.5. The fourth-order valence-corrected chi connectivity index (χ4v) is 3.38. The van der Waals surface area contributed by atoms with Gasteiger partial charge in [-0.15, -0.1) is 11.6 Å². The molecule has 0 heterocycles. The number of benzene rings is 1. The van der Waals surface area contributed by atoms with Crippen LogP contribution in [0, 0.1) is 5.41 Å². The lowest BCUT2D eigenvalue weighted by atomic mass is 9.81. The smallest absolute Gasteiger partial charge is 0.0653 e. The number of halogens is 3. The summed E-state index contributed by atoms with van der Waals surface area (Å²) in [6, 6.07) is 5.52. The van der Waals surface area contributed by atoms with Gasteiger partial charge in [0.15, 0.2) is 0 Å². The first kappa shape index (κ1) is 12.5. The minimum absolute atomic E-state index is 0.0406. The fourth-order valence-electron chi connectivity index (χ4n) is 2.52. The van der Waals surface area contributed by atoms with Crippen LogP contribution in [0.25, 0.3) is 0 Å². The maximum absolute atomic E-state index is 6.59. The highest BCUT2D eigenvalue weighted by Crippen LogP contribution is 2.52. The summed E-state index contributed by atoms with van der Waals surface area (Å²) >= 11 is 18.8. The van der Waals surface area contributed by atoms with E-state index in [1.807, 2.05) is 12.1 Å². The molecule has 0 nitrogen and oxygen atoms in total. The highest BCUT2D eigenvalue weighted by atomic mass is 35.5. The van der Waals surface area contributed by atoms with E-state index in [0.29, 0.717) is 5.02 Å². The molecular formula is C13H15Cl3. The van der Waals surface area contributed by atoms with Gasteiger partial charge < -0.3 is 0 Å². The van der Waals surface area contributed by atoms with Crippen molar-refractivity contribution in [2.75, 3.05) is 0 Å². The highest BCUT2D eigenvalue weighted by Gasteiger charge is 2.37. The van der Waals surface area contributed by atoms with E-state index >= 15 is 0 Å². The Hall–Kier alpha value is 0.0900. The second kappa shape index (κ2) is 4.76. The standard InChI is InChI=1S/C13H15Cl3/c1-13(6-2-3-7-13)12(16)10-8-9(14)4-5-11(10)15/h4-5,8,12H,2-3,6-7H2,1H3. The van der Waals surface area contributed by atoms with E-state index in [1.54, 1.807) is 6.07 Å². The van der Waals surface area contributed by atoms with Crippen molar-refractivity contribution >= 4 is 34.8 Å². The SMILES string of the molecule is CC1(C(Cl)c2cc(Cl)ccc2Cl)CCCC1. The van der Waals surface area contributed by atoms with Gasteiger partial charge in [-0.05, 0) is 42.0 Å². The van der Waals surface area contributed by atoms with E-state index in [4.69, 9.17) is 34.8 Å². The van der Waals surface area contributed by atoms with Crippen LogP contribution in [-0.2, 0) is 0 Å². The summed E-state index contributed by atoms with van der Waals surface area (Å²) in [4.78, 5) is 0. The molecular weight excluding hydrogens is 263 g/mol. The highest BCUT2D eigenvalue weighted by molar-refractivity contribution is 6.34. The van der Waals surface area contributed by atoms with Crippen LogP contribution in [0.1, 0.15) is 43.5 Å². The van der Waals surface area contributed by atoms with Crippen LogP contribution in [0.4, 0.5) is 0 Å². The molecule has 2 rings (SSSR count). The van der Waals surface area contributed by atoms with Gasteiger partial charge in [0.05, 0.1) is 5.38 Å². The Bertz CT molecular complexity index is 381. The van der Waals surface area contributed by atoms with Crippen molar-refractivity contribution in [3.8, 4) is 0 Å². The van der Waals surface area contributed by atoms with E-state index in [9.17, 15) is 0 Å². The molecule has 1 saturated carbocycles. The summed E-state index contributed by atoms with van der Waals surface area (Å²) in [5.41, 5.74) is 1.14. The van der Waals surface area contributed by atoms with Crippen molar-refractivity contribution in [3.05, 3.63) is 33.8 Å². The maximum atomic E-state index is 6.59. The zero-order valence-electron chi connectivity index (χ0n) is 9.27. The Labute approximate surface area is 112 Å². The van der Waals surface area contributed by atoms with Gasteiger partial charge in [-0.3, -0.25) is 0 Å². The Morgan fingerprint density at radius 1 is 1.19 bits per heavy atom. The lowest BCUT2D eigenvalue weighted by Gasteiger charge is -2.30. The van der Waals surface area contributed by atoms with Gasteiger partial charge in [-0.2, -0.15) is 0 Å². The topological polar surface area (TPSA) is 0 Å². The Morgan fingerprint density at radius 2 is 1.81 bits per heavy atom. The summed E-state index contributed by atoms with van der Waals surface area (Å²) in [5, 5.41) is 1.38. The average Bonchev–Trinajstić information content (AvgIpc) is 2.69. The van der Waals surface area contributed by atoms with Crippen molar-refractivity contribution in [3.63, 3.8) is 0 Å². The van der Waals surface area contributed by atoms with Crippen molar-refractivity contribution < 1.29 is 0 Å². The van der Waals surface area contributed by atoms with Gasteiger partial charge in [0.25, 0.3) is 0 Å². The van der Waals surface area contributed by atoms with Crippen molar-refractivity contribution in [2.24, 2.45) is 5.41 Å². The molecule has 0 bridgehead atoms. The Balaban J connectivity index is 2.32. The number of rotatable bonds is 2. The first-order valence-corrected chi connectivity index (χ1v) is 6.81. The summed E-state index contributed by atoms with van der Waals surface area (Å²) in [6.07, 6.45) is 4.86. The molecule has 0 aliphatic heterocycles. The van der Waals surface area contributed by atoms with Gasteiger partial charge >= 0.3 is 0 Å². The number of hydrogen-bond donors (Lipinski definition) is 0. The Morgan fingerprint density at radius 3 is 2.44 bits per heavy atom. The van der Waals surface area contributed by atoms with Crippen molar-refractivity contribution in [1.82, 2.24) is 0 Å². The quantitative estimate of drug-likeness (QED) is 0.595. The molecule has 0 N–H and O–H groups in total. The van der Waals surface area contributed by atoms with Gasteiger partial charge in [-0.1, -0.05) is 43.0 Å². The van der Waals surface area contributed by atoms with Crippen molar-refractivity contribution in [2.45, 2.75) is 38.0 Å². The van der Waals surface area contributed by atoms with Gasteiger partial charge in [0, 0.05) is 10.0 Å². The molecule has 1 fully saturated rings. The molecule has 16 heavy (non-hydrogen) atoms. The molecule has 1 aliphatic rings. The van der Waals surface area contributed by atoms with Crippen LogP contribution < -0.4 is 0 Å². The molecule has 0 spiro atoms. The van der Waals surface area contributed by atoms with Crippen LogP contribution in [0.5, 0.6) is 0 Å². The zero-order chi connectivity index (χ0) is 11.8. The molecule has 0 radical (unpaired) electrons. The van der Waals surface area contributed by atoms with Crippen LogP contribution in [0.2, 0.25) is 10.0 Å². The second-order valence-corrected chi connectivity index (χ2v) is 6.17. The molecule has 1 aromatic rings. The normalized spacial score (nSPS) is 21.0. The first-order valence-electron chi connectivity index (χ1n) is 5.62. The first-order chi connectivity index (χ1) is 7.53. The lowest BCUT2D eigenvalue weighted by Crippen LogP contribution is -2.18. The van der Waals surface area contributed by atoms with Crippen LogP contribution >= 0.6 is 34.8 Å². The molecule has 0 amide bonds. The van der Waals surface area contributed by atoms with Crippen molar-refractivity contribution in [1.29, 1.82) is 0 Å². The minimum atomic E-state index is -0.0406. The Kier molecular flexibility index (Phi) is 3.73. The number of alkyl halides is 1. The minimum Gasteiger partial charge on any atom is -0.117 e. The van der Waals surface area contributed by atoms with Crippen LogP contribution in [0.3, 0.4) is 0 Å². The molecule has 88 valence electrons. The van der Waals surface area contributed by atoms with Crippen LogP contribution in [0.15, 0.2) is 18.2 Å². The predicted molar refractivity (Wildman–Crippen MR) is 71.6 cm³/mol. The molecule has 0 saturated heterocycles. The largest absolute Gasteiger partial charge is 0.117 e. The number of hydrogen-bond acceptors (Lipinski definition) is 0.